The van der Waals surface area contributed by atoms with Crippen molar-refractivity contribution in [2.45, 2.75) is 32.8 Å². The number of hydrogen-bond acceptors (Lipinski definition) is 5. The lowest BCUT2D eigenvalue weighted by molar-refractivity contribution is 0.283. The van der Waals surface area contributed by atoms with E-state index in [1.807, 2.05) is 48.5 Å². The van der Waals surface area contributed by atoms with E-state index in [2.05, 4.69) is 58.8 Å². The fourth-order valence-electron chi connectivity index (χ4n) is 4.77. The van der Waals surface area contributed by atoms with Gasteiger partial charge in [0.05, 0.1) is 24.2 Å². The van der Waals surface area contributed by atoms with E-state index in [0.717, 1.165) is 33.0 Å². The van der Waals surface area contributed by atoms with Crippen molar-refractivity contribution in [3.63, 3.8) is 0 Å². The molecule has 0 amide bonds. The summed E-state index contributed by atoms with van der Waals surface area (Å²) in [5.74, 6) is 1.86. The van der Waals surface area contributed by atoms with Gasteiger partial charge in [-0.15, -0.1) is 6.58 Å². The van der Waals surface area contributed by atoms with Crippen LogP contribution < -0.4 is 15.0 Å². The van der Waals surface area contributed by atoms with Gasteiger partial charge in [-0.2, -0.15) is 9.78 Å². The van der Waals surface area contributed by atoms with Crippen molar-refractivity contribution in [2.75, 3.05) is 7.11 Å². The molecule has 4 aromatic carbocycles. The highest BCUT2D eigenvalue weighted by atomic mass is 79.9. The molecule has 0 unspecified atom stereocenters. The zero-order valence-corrected chi connectivity index (χ0v) is 24.1. The van der Waals surface area contributed by atoms with E-state index < -0.39 is 0 Å². The standard InChI is InChI=1S/C33H30BrN3O3/c1-4-9-24-17-22(20-35-37-31(10-5-2)36-29-16-15-26(34)19-28(29)33(37)38)18-30(39-3)32(24)40-21-25-13-8-12-23-11-6-7-14-27(23)25/h4,6-8,11-20H,1,5,9-10,21H2,2-3H3. The van der Waals surface area contributed by atoms with Gasteiger partial charge >= 0.3 is 0 Å². The highest BCUT2D eigenvalue weighted by molar-refractivity contribution is 9.10. The second kappa shape index (κ2) is 12.3. The maximum atomic E-state index is 13.4. The third kappa shape index (κ3) is 5.70. The van der Waals surface area contributed by atoms with Crippen LogP contribution in [0.15, 0.2) is 99.8 Å². The highest BCUT2D eigenvalue weighted by Crippen LogP contribution is 2.34. The number of ether oxygens (including phenoxy) is 2. The summed E-state index contributed by atoms with van der Waals surface area (Å²) >= 11 is 3.45. The van der Waals surface area contributed by atoms with E-state index in [-0.39, 0.29) is 5.56 Å². The maximum absolute atomic E-state index is 13.4. The Morgan fingerprint density at radius 3 is 2.65 bits per heavy atom. The molecular weight excluding hydrogens is 566 g/mol. The molecule has 0 spiro atoms. The summed E-state index contributed by atoms with van der Waals surface area (Å²) < 4.78 is 14.3. The van der Waals surface area contributed by atoms with Crippen molar-refractivity contribution in [3.8, 4) is 11.5 Å². The van der Waals surface area contributed by atoms with Gasteiger partial charge in [0, 0.05) is 16.5 Å². The number of halogens is 1. The number of rotatable bonds is 10. The fraction of sp³-hybridized carbons (Fsp3) is 0.182. The topological polar surface area (TPSA) is 65.7 Å². The number of methoxy groups -OCH3 is 1. The Kier molecular flexibility index (Phi) is 8.41. The maximum Gasteiger partial charge on any atom is 0.282 e. The molecule has 0 saturated carbocycles. The molecule has 1 aromatic heterocycles. The number of hydrogen-bond donors (Lipinski definition) is 0. The zero-order chi connectivity index (χ0) is 28.1. The Morgan fingerprint density at radius 1 is 1.02 bits per heavy atom. The second-order valence-corrected chi connectivity index (χ2v) is 10.3. The predicted octanol–water partition coefficient (Wildman–Crippen LogP) is 7.46. The van der Waals surface area contributed by atoms with E-state index in [1.165, 1.54) is 10.1 Å². The number of benzene rings is 4. The summed E-state index contributed by atoms with van der Waals surface area (Å²) in [6.45, 7) is 6.37. The summed E-state index contributed by atoms with van der Waals surface area (Å²) in [5.41, 5.74) is 3.23. The first-order chi connectivity index (χ1) is 19.5. The average molecular weight is 597 g/mol. The number of allylic oxidation sites excluding steroid dienone is 1. The van der Waals surface area contributed by atoms with E-state index in [1.54, 1.807) is 19.4 Å². The minimum Gasteiger partial charge on any atom is -0.493 e. The molecule has 0 N–H and O–H groups in total. The van der Waals surface area contributed by atoms with Crippen LogP contribution in [0.3, 0.4) is 0 Å². The molecule has 0 bridgehead atoms. The van der Waals surface area contributed by atoms with Crippen LogP contribution in [0.25, 0.3) is 21.7 Å². The summed E-state index contributed by atoms with van der Waals surface area (Å²) in [7, 11) is 1.62. The molecule has 0 saturated heterocycles. The van der Waals surface area contributed by atoms with Crippen LogP contribution in [0.2, 0.25) is 0 Å². The Labute approximate surface area is 241 Å². The first-order valence-electron chi connectivity index (χ1n) is 13.2. The molecule has 202 valence electrons. The minimum absolute atomic E-state index is 0.209. The fourth-order valence-corrected chi connectivity index (χ4v) is 5.13. The van der Waals surface area contributed by atoms with Gasteiger partial charge in [0.25, 0.3) is 5.56 Å². The first kappa shape index (κ1) is 27.3. The summed E-state index contributed by atoms with van der Waals surface area (Å²) in [6, 6.07) is 23.8. The second-order valence-electron chi connectivity index (χ2n) is 9.43. The highest BCUT2D eigenvalue weighted by Gasteiger charge is 2.15. The molecule has 6 nitrogen and oxygen atoms in total. The average Bonchev–Trinajstić information content (AvgIpc) is 2.97. The van der Waals surface area contributed by atoms with Crippen LogP contribution in [0.5, 0.6) is 11.5 Å². The SMILES string of the molecule is C=CCc1cc(C=Nn2c(CCC)nc3ccc(Br)cc3c2=O)cc(OC)c1OCc1cccc2ccccc12. The molecule has 0 atom stereocenters. The lowest BCUT2D eigenvalue weighted by atomic mass is 10.0. The first-order valence-corrected chi connectivity index (χ1v) is 14.0. The smallest absolute Gasteiger partial charge is 0.282 e. The van der Waals surface area contributed by atoms with Crippen LogP contribution in [0.4, 0.5) is 0 Å². The quantitative estimate of drug-likeness (QED) is 0.124. The molecule has 1 heterocycles. The number of aryl methyl sites for hydroxylation is 1. The Balaban J connectivity index is 1.51. The van der Waals surface area contributed by atoms with Crippen LogP contribution in [0.1, 0.15) is 35.9 Å². The van der Waals surface area contributed by atoms with Crippen LogP contribution in [-0.2, 0) is 19.4 Å². The number of fused-ring (bicyclic) bond motifs is 2. The lowest BCUT2D eigenvalue weighted by Crippen LogP contribution is -2.22. The van der Waals surface area contributed by atoms with E-state index in [0.29, 0.717) is 47.7 Å². The molecular formula is C33H30BrN3O3. The molecule has 0 aliphatic rings. The zero-order valence-electron chi connectivity index (χ0n) is 22.6. The third-order valence-corrected chi connectivity index (χ3v) is 7.15. The molecule has 0 radical (unpaired) electrons. The minimum atomic E-state index is -0.209. The molecule has 5 rings (SSSR count). The van der Waals surface area contributed by atoms with Gasteiger partial charge in [-0.3, -0.25) is 4.79 Å². The van der Waals surface area contributed by atoms with Crippen molar-refractivity contribution in [1.29, 1.82) is 0 Å². The van der Waals surface area contributed by atoms with Gasteiger partial charge < -0.3 is 9.47 Å². The largest absolute Gasteiger partial charge is 0.493 e. The predicted molar refractivity (Wildman–Crippen MR) is 166 cm³/mol. The summed E-state index contributed by atoms with van der Waals surface area (Å²) in [4.78, 5) is 18.1. The van der Waals surface area contributed by atoms with Crippen LogP contribution >= 0.6 is 15.9 Å². The Morgan fingerprint density at radius 2 is 1.85 bits per heavy atom. The van der Waals surface area contributed by atoms with Crippen molar-refractivity contribution < 1.29 is 9.47 Å². The monoisotopic (exact) mass is 595 g/mol. The Bertz CT molecular complexity index is 1790. The molecule has 0 aliphatic heterocycles. The number of nitrogens with zero attached hydrogens (tertiary/aromatic N) is 3. The van der Waals surface area contributed by atoms with Crippen LogP contribution in [-0.4, -0.2) is 23.0 Å². The van der Waals surface area contributed by atoms with Gasteiger partial charge in [0.1, 0.15) is 12.4 Å². The van der Waals surface area contributed by atoms with E-state index in [9.17, 15) is 4.79 Å². The normalized spacial score (nSPS) is 11.4. The molecule has 7 heteroatoms. The lowest BCUT2D eigenvalue weighted by Gasteiger charge is -2.16. The van der Waals surface area contributed by atoms with E-state index >= 15 is 0 Å². The van der Waals surface area contributed by atoms with Crippen LogP contribution in [0, 0.1) is 0 Å². The number of aromatic nitrogens is 2. The van der Waals surface area contributed by atoms with Gasteiger partial charge in [-0.05, 0) is 65.1 Å². The van der Waals surface area contributed by atoms with Gasteiger partial charge in [-0.1, -0.05) is 71.4 Å². The Hall–Kier alpha value is -4.23. The van der Waals surface area contributed by atoms with Crippen molar-refractivity contribution in [3.05, 3.63) is 123 Å². The van der Waals surface area contributed by atoms with Crippen molar-refractivity contribution in [2.24, 2.45) is 5.10 Å². The molecule has 5 aromatic rings. The van der Waals surface area contributed by atoms with E-state index in [4.69, 9.17) is 14.5 Å². The molecule has 0 aliphatic carbocycles. The summed E-state index contributed by atoms with van der Waals surface area (Å²) in [6.07, 6.45) is 5.54. The van der Waals surface area contributed by atoms with Crippen molar-refractivity contribution >= 4 is 43.8 Å². The third-order valence-electron chi connectivity index (χ3n) is 6.66. The van der Waals surface area contributed by atoms with Gasteiger partial charge in [0.2, 0.25) is 0 Å². The summed E-state index contributed by atoms with van der Waals surface area (Å²) in [5, 5.41) is 7.42. The molecule has 0 fully saturated rings. The van der Waals surface area contributed by atoms with Gasteiger partial charge in [0.15, 0.2) is 11.5 Å². The molecule has 40 heavy (non-hydrogen) atoms. The van der Waals surface area contributed by atoms with Crippen molar-refractivity contribution in [1.82, 2.24) is 9.66 Å². The van der Waals surface area contributed by atoms with Gasteiger partial charge in [-0.25, -0.2) is 4.98 Å².